The molecule has 1 N–H and O–H groups in total. The molecule has 0 radical (unpaired) electrons. The van der Waals surface area contributed by atoms with Gasteiger partial charge in [-0.05, 0) is 30.3 Å². The number of rotatable bonds is 4. The number of anilines is 1. The fourth-order valence-electron chi connectivity index (χ4n) is 1.68. The van der Waals surface area contributed by atoms with Gasteiger partial charge in [-0.25, -0.2) is 0 Å². The lowest BCUT2D eigenvalue weighted by atomic mass is 10.2. The zero-order valence-electron chi connectivity index (χ0n) is 11.2. The quantitative estimate of drug-likeness (QED) is 0.782. The van der Waals surface area contributed by atoms with Crippen molar-refractivity contribution in [3.63, 3.8) is 0 Å². The van der Waals surface area contributed by atoms with Crippen molar-refractivity contribution in [3.8, 4) is 0 Å². The van der Waals surface area contributed by atoms with Gasteiger partial charge in [0.2, 0.25) is 5.91 Å². The van der Waals surface area contributed by atoms with Crippen LogP contribution in [0.2, 0.25) is 5.02 Å². The number of hydrogen-bond donors (Lipinski definition) is 1. The third-order valence-electron chi connectivity index (χ3n) is 2.67. The molecule has 0 aliphatic rings. The third kappa shape index (κ3) is 4.68. The minimum atomic E-state index is -4.56. The van der Waals surface area contributed by atoms with E-state index in [1.807, 2.05) is 30.3 Å². The molecule has 22 heavy (non-hydrogen) atoms. The summed E-state index contributed by atoms with van der Waals surface area (Å²) in [4.78, 5) is 12.7. The Morgan fingerprint density at radius 2 is 1.82 bits per heavy atom. The van der Waals surface area contributed by atoms with Crippen LogP contribution in [0.25, 0.3) is 0 Å². The van der Waals surface area contributed by atoms with E-state index in [4.69, 9.17) is 11.6 Å². The second-order valence-electron chi connectivity index (χ2n) is 4.34. The minimum absolute atomic E-state index is 0.0652. The van der Waals surface area contributed by atoms with Gasteiger partial charge in [0.25, 0.3) is 0 Å². The molecule has 0 unspecified atom stereocenters. The minimum Gasteiger partial charge on any atom is -0.325 e. The zero-order chi connectivity index (χ0) is 16.2. The Balaban J connectivity index is 2.00. The van der Waals surface area contributed by atoms with Crippen molar-refractivity contribution in [2.45, 2.75) is 11.1 Å². The summed E-state index contributed by atoms with van der Waals surface area (Å²) in [6, 6.07) is 12.5. The monoisotopic (exact) mass is 345 g/mol. The van der Waals surface area contributed by atoms with E-state index < -0.39 is 16.8 Å². The Morgan fingerprint density at radius 1 is 1.14 bits per heavy atom. The molecule has 1 amide bonds. The number of carbonyl (C=O) groups is 1. The van der Waals surface area contributed by atoms with Crippen molar-refractivity contribution in [2.75, 3.05) is 11.1 Å². The van der Waals surface area contributed by atoms with Gasteiger partial charge in [0.1, 0.15) is 0 Å². The molecule has 0 aliphatic heterocycles. The summed E-state index contributed by atoms with van der Waals surface area (Å²) >= 11 is 6.82. The highest BCUT2D eigenvalue weighted by molar-refractivity contribution is 8.00. The third-order valence-corrected chi connectivity index (χ3v) is 4.01. The average Bonchev–Trinajstić information content (AvgIpc) is 2.47. The highest BCUT2D eigenvalue weighted by Gasteiger charge is 2.33. The maximum absolute atomic E-state index is 12.7. The fourth-order valence-corrected chi connectivity index (χ4v) is 2.63. The molecule has 0 bridgehead atoms. The van der Waals surface area contributed by atoms with Gasteiger partial charge in [0.05, 0.1) is 16.3 Å². The zero-order valence-corrected chi connectivity index (χ0v) is 12.7. The first kappa shape index (κ1) is 16.7. The molecule has 2 aromatic carbocycles. The number of amides is 1. The van der Waals surface area contributed by atoms with Crippen LogP contribution in [0.5, 0.6) is 0 Å². The van der Waals surface area contributed by atoms with Gasteiger partial charge in [0.15, 0.2) is 0 Å². The molecule has 0 aromatic heterocycles. The number of halogens is 4. The lowest BCUT2D eigenvalue weighted by Gasteiger charge is -2.11. The maximum atomic E-state index is 12.7. The topological polar surface area (TPSA) is 29.1 Å². The summed E-state index contributed by atoms with van der Waals surface area (Å²) in [6.07, 6.45) is -4.56. The molecule has 0 atom stereocenters. The van der Waals surface area contributed by atoms with Gasteiger partial charge in [-0.2, -0.15) is 13.2 Å². The number of alkyl halides is 3. The number of benzene rings is 2. The van der Waals surface area contributed by atoms with Crippen LogP contribution in [0.3, 0.4) is 0 Å². The smallest absolute Gasteiger partial charge is 0.325 e. The first-order chi connectivity index (χ1) is 10.4. The van der Waals surface area contributed by atoms with Crippen LogP contribution >= 0.6 is 23.4 Å². The van der Waals surface area contributed by atoms with E-state index in [0.717, 1.165) is 17.0 Å². The number of thioether (sulfide) groups is 1. The predicted molar refractivity (Wildman–Crippen MR) is 82.2 cm³/mol. The molecule has 7 heteroatoms. The van der Waals surface area contributed by atoms with E-state index in [0.29, 0.717) is 0 Å². The molecule has 2 aromatic rings. The summed E-state index contributed by atoms with van der Waals surface area (Å²) in [6.45, 7) is 0. The summed E-state index contributed by atoms with van der Waals surface area (Å²) in [7, 11) is 0. The molecular weight excluding hydrogens is 335 g/mol. The number of carbonyl (C=O) groups excluding carboxylic acids is 1. The summed E-state index contributed by atoms with van der Waals surface area (Å²) < 4.78 is 38.2. The van der Waals surface area contributed by atoms with E-state index in [2.05, 4.69) is 5.32 Å². The van der Waals surface area contributed by atoms with Crippen molar-refractivity contribution in [1.29, 1.82) is 0 Å². The number of hydrogen-bond acceptors (Lipinski definition) is 2. The van der Waals surface area contributed by atoms with E-state index in [9.17, 15) is 18.0 Å². The molecule has 0 heterocycles. The van der Waals surface area contributed by atoms with E-state index in [1.54, 1.807) is 0 Å². The van der Waals surface area contributed by atoms with E-state index in [-0.39, 0.29) is 17.3 Å². The second-order valence-corrected chi connectivity index (χ2v) is 5.80. The maximum Gasteiger partial charge on any atom is 0.417 e. The van der Waals surface area contributed by atoms with Crippen LogP contribution in [0, 0.1) is 0 Å². The Bertz CT molecular complexity index is 662. The molecule has 0 fully saturated rings. The highest BCUT2D eigenvalue weighted by Crippen LogP contribution is 2.36. The lowest BCUT2D eigenvalue weighted by Crippen LogP contribution is -2.15. The van der Waals surface area contributed by atoms with Gasteiger partial charge < -0.3 is 5.32 Å². The molecule has 0 aliphatic carbocycles. The van der Waals surface area contributed by atoms with Crippen LogP contribution in [0.1, 0.15) is 5.56 Å². The standard InChI is InChI=1S/C15H11ClF3NOS/c16-13-7-6-10(8-12(13)15(17,18)19)20-14(21)9-22-11-4-2-1-3-5-11/h1-8H,9H2,(H,20,21). The Labute approximate surface area is 134 Å². The van der Waals surface area contributed by atoms with Gasteiger partial charge in [-0.1, -0.05) is 29.8 Å². The van der Waals surface area contributed by atoms with Crippen LogP contribution in [-0.2, 0) is 11.0 Å². The molecule has 116 valence electrons. The summed E-state index contributed by atoms with van der Waals surface area (Å²) in [5, 5.41) is 2.03. The Morgan fingerprint density at radius 3 is 2.45 bits per heavy atom. The first-order valence-corrected chi connectivity index (χ1v) is 7.57. The van der Waals surface area contributed by atoms with Gasteiger partial charge in [-0.15, -0.1) is 11.8 Å². The molecule has 0 saturated carbocycles. The largest absolute Gasteiger partial charge is 0.417 e. The second kappa shape index (κ2) is 7.07. The number of nitrogens with one attached hydrogen (secondary N) is 1. The van der Waals surface area contributed by atoms with Crippen molar-refractivity contribution in [3.05, 3.63) is 59.1 Å². The van der Waals surface area contributed by atoms with Gasteiger partial charge in [-0.3, -0.25) is 4.79 Å². The Kier molecular flexibility index (Phi) is 5.37. The highest BCUT2D eigenvalue weighted by atomic mass is 35.5. The van der Waals surface area contributed by atoms with Crippen molar-refractivity contribution in [1.82, 2.24) is 0 Å². The predicted octanol–water partition coefficient (Wildman–Crippen LogP) is 5.09. The molecule has 0 saturated heterocycles. The molecule has 2 nitrogen and oxygen atoms in total. The van der Waals surface area contributed by atoms with Crippen LogP contribution in [0.15, 0.2) is 53.4 Å². The van der Waals surface area contributed by atoms with Crippen molar-refractivity contribution in [2.24, 2.45) is 0 Å². The van der Waals surface area contributed by atoms with Crippen LogP contribution in [-0.4, -0.2) is 11.7 Å². The van der Waals surface area contributed by atoms with Crippen molar-refractivity contribution >= 4 is 35.0 Å². The summed E-state index contributed by atoms with van der Waals surface area (Å²) in [5.74, 6) is -0.280. The van der Waals surface area contributed by atoms with E-state index >= 15 is 0 Å². The van der Waals surface area contributed by atoms with Crippen LogP contribution < -0.4 is 5.32 Å². The molecular formula is C15H11ClF3NOS. The van der Waals surface area contributed by atoms with Gasteiger partial charge >= 0.3 is 6.18 Å². The first-order valence-electron chi connectivity index (χ1n) is 6.21. The molecule has 0 spiro atoms. The summed E-state index contributed by atoms with van der Waals surface area (Å²) in [5.41, 5.74) is -0.905. The van der Waals surface area contributed by atoms with Crippen molar-refractivity contribution < 1.29 is 18.0 Å². The van der Waals surface area contributed by atoms with Crippen LogP contribution in [0.4, 0.5) is 18.9 Å². The Hall–Kier alpha value is -1.66. The van der Waals surface area contributed by atoms with Gasteiger partial charge in [0, 0.05) is 10.6 Å². The fraction of sp³-hybridized carbons (Fsp3) is 0.133. The average molecular weight is 346 g/mol. The normalized spacial score (nSPS) is 11.3. The lowest BCUT2D eigenvalue weighted by molar-refractivity contribution is -0.137. The molecule has 2 rings (SSSR count). The van der Waals surface area contributed by atoms with E-state index in [1.165, 1.54) is 17.8 Å². The SMILES string of the molecule is O=C(CSc1ccccc1)Nc1ccc(Cl)c(C(F)(F)F)c1.